The van der Waals surface area contributed by atoms with Crippen molar-refractivity contribution in [1.82, 2.24) is 4.90 Å². The van der Waals surface area contributed by atoms with E-state index in [1.54, 1.807) is 0 Å². The number of piperidine rings is 1. The molecule has 78 valence electrons. The van der Waals surface area contributed by atoms with Crippen LogP contribution in [0, 0.1) is 5.92 Å². The molecule has 13 heavy (non-hydrogen) atoms. The van der Waals surface area contributed by atoms with Crippen LogP contribution < -0.4 is 0 Å². The molecule has 0 aromatic carbocycles. The van der Waals surface area contributed by atoms with E-state index >= 15 is 0 Å². The molecule has 0 radical (unpaired) electrons. The number of rotatable bonds is 4. The number of nitrogens with zero attached hydrogens (tertiary/aromatic N) is 1. The highest BCUT2D eigenvalue weighted by Gasteiger charge is 2.19. The van der Waals surface area contributed by atoms with Crippen LogP contribution in [0.2, 0.25) is 0 Å². The van der Waals surface area contributed by atoms with E-state index in [0.29, 0.717) is 5.92 Å². The van der Waals surface area contributed by atoms with Crippen LogP contribution in [0.15, 0.2) is 0 Å². The van der Waals surface area contributed by atoms with E-state index < -0.39 is 6.61 Å². The fraction of sp³-hybridized carbons (Fsp3) is 1.00. The third-order valence-electron chi connectivity index (χ3n) is 2.61. The Morgan fingerprint density at radius 1 is 1.38 bits per heavy atom. The third kappa shape index (κ3) is 4.00. The fourth-order valence-corrected chi connectivity index (χ4v) is 1.68. The van der Waals surface area contributed by atoms with E-state index in [0.717, 1.165) is 32.5 Å². The minimum absolute atomic E-state index is 0.217. The minimum Gasteiger partial charge on any atom is -0.323 e. The molecule has 1 saturated heterocycles. The smallest absolute Gasteiger partial charge is 0.323 e. The lowest BCUT2D eigenvalue weighted by Gasteiger charge is -2.30. The van der Waals surface area contributed by atoms with Crippen LogP contribution >= 0.6 is 0 Å². The minimum atomic E-state index is -2.61. The highest BCUT2D eigenvalue weighted by molar-refractivity contribution is 4.70. The van der Waals surface area contributed by atoms with Gasteiger partial charge in [-0.1, -0.05) is 6.92 Å². The standard InChI is InChI=1S/C9H17F2NO/c1-2-12-5-3-8(4-6-12)7-13-9(10)11/h8-9H,2-7H2,1H3. The summed E-state index contributed by atoms with van der Waals surface area (Å²) in [7, 11) is 0. The Bertz CT molecular complexity index is 136. The monoisotopic (exact) mass is 193 g/mol. The van der Waals surface area contributed by atoms with Crippen molar-refractivity contribution in [3.63, 3.8) is 0 Å². The van der Waals surface area contributed by atoms with Gasteiger partial charge < -0.3 is 9.64 Å². The lowest BCUT2D eigenvalue weighted by atomic mass is 9.98. The van der Waals surface area contributed by atoms with Crippen molar-refractivity contribution in [1.29, 1.82) is 0 Å². The summed E-state index contributed by atoms with van der Waals surface area (Å²) >= 11 is 0. The number of hydrogen-bond acceptors (Lipinski definition) is 2. The van der Waals surface area contributed by atoms with Gasteiger partial charge >= 0.3 is 6.61 Å². The lowest BCUT2D eigenvalue weighted by Crippen LogP contribution is -2.35. The highest BCUT2D eigenvalue weighted by Crippen LogP contribution is 2.17. The topological polar surface area (TPSA) is 12.5 Å². The second kappa shape index (κ2) is 5.50. The lowest BCUT2D eigenvalue weighted by molar-refractivity contribution is -0.141. The molecule has 1 rings (SSSR count). The van der Waals surface area contributed by atoms with Gasteiger partial charge in [0.05, 0.1) is 6.61 Å². The van der Waals surface area contributed by atoms with Crippen molar-refractivity contribution in [2.24, 2.45) is 5.92 Å². The first-order valence-electron chi connectivity index (χ1n) is 4.84. The van der Waals surface area contributed by atoms with Crippen LogP contribution in [0.3, 0.4) is 0 Å². The van der Waals surface area contributed by atoms with Gasteiger partial charge in [0.15, 0.2) is 0 Å². The van der Waals surface area contributed by atoms with Gasteiger partial charge in [0.25, 0.3) is 0 Å². The Hall–Kier alpha value is -0.220. The van der Waals surface area contributed by atoms with Crippen molar-refractivity contribution in [2.75, 3.05) is 26.2 Å². The van der Waals surface area contributed by atoms with Gasteiger partial charge in [0.2, 0.25) is 0 Å². The number of ether oxygens (including phenoxy) is 1. The molecule has 1 fully saturated rings. The first-order chi connectivity index (χ1) is 6.22. The summed E-state index contributed by atoms with van der Waals surface area (Å²) in [6.07, 6.45) is 1.97. The van der Waals surface area contributed by atoms with Gasteiger partial charge in [0, 0.05) is 0 Å². The summed E-state index contributed by atoms with van der Waals surface area (Å²) in [5.41, 5.74) is 0. The Morgan fingerprint density at radius 3 is 2.46 bits per heavy atom. The van der Waals surface area contributed by atoms with E-state index in [4.69, 9.17) is 0 Å². The van der Waals surface area contributed by atoms with Crippen molar-refractivity contribution in [3.8, 4) is 0 Å². The van der Waals surface area contributed by atoms with Crippen molar-refractivity contribution < 1.29 is 13.5 Å². The van der Waals surface area contributed by atoms with Gasteiger partial charge in [-0.25, -0.2) is 0 Å². The number of hydrogen-bond donors (Lipinski definition) is 0. The second-order valence-electron chi connectivity index (χ2n) is 3.47. The molecule has 0 spiro atoms. The summed E-state index contributed by atoms with van der Waals surface area (Å²) in [5.74, 6) is 0.330. The highest BCUT2D eigenvalue weighted by atomic mass is 19.3. The van der Waals surface area contributed by atoms with E-state index in [1.165, 1.54) is 0 Å². The molecular weight excluding hydrogens is 176 g/mol. The van der Waals surface area contributed by atoms with Crippen LogP contribution in [0.4, 0.5) is 8.78 Å². The van der Waals surface area contributed by atoms with Crippen LogP contribution in [-0.4, -0.2) is 37.8 Å². The molecule has 0 atom stereocenters. The average Bonchev–Trinajstić information content (AvgIpc) is 2.15. The number of halogens is 2. The number of alkyl halides is 2. The molecule has 0 N–H and O–H groups in total. The first-order valence-corrected chi connectivity index (χ1v) is 4.84. The predicted molar refractivity (Wildman–Crippen MR) is 46.8 cm³/mol. The van der Waals surface area contributed by atoms with Gasteiger partial charge in [-0.2, -0.15) is 8.78 Å². The maximum absolute atomic E-state index is 11.7. The average molecular weight is 193 g/mol. The molecule has 1 heterocycles. The zero-order chi connectivity index (χ0) is 9.68. The maximum atomic E-state index is 11.7. The predicted octanol–water partition coefficient (Wildman–Crippen LogP) is 1.96. The number of likely N-dealkylation sites (tertiary alicyclic amines) is 1. The molecule has 4 heteroatoms. The van der Waals surface area contributed by atoms with Gasteiger partial charge in [-0.05, 0) is 38.4 Å². The molecule has 0 bridgehead atoms. The quantitative estimate of drug-likeness (QED) is 0.676. The molecule has 0 saturated carbocycles. The Balaban J connectivity index is 2.10. The van der Waals surface area contributed by atoms with Crippen molar-refractivity contribution in [3.05, 3.63) is 0 Å². The van der Waals surface area contributed by atoms with Crippen LogP contribution in [0.25, 0.3) is 0 Å². The maximum Gasteiger partial charge on any atom is 0.345 e. The van der Waals surface area contributed by atoms with Crippen LogP contribution in [0.5, 0.6) is 0 Å². The molecular formula is C9H17F2NO. The molecule has 0 aromatic heterocycles. The SMILES string of the molecule is CCN1CCC(COC(F)F)CC1. The molecule has 0 amide bonds. The Morgan fingerprint density at radius 2 is 2.00 bits per heavy atom. The summed E-state index contributed by atoms with van der Waals surface area (Å²) in [6, 6.07) is 0. The van der Waals surface area contributed by atoms with Crippen molar-refractivity contribution in [2.45, 2.75) is 26.4 Å². The largest absolute Gasteiger partial charge is 0.345 e. The Labute approximate surface area is 77.9 Å². The Kier molecular flexibility index (Phi) is 4.59. The fourth-order valence-electron chi connectivity index (χ4n) is 1.68. The van der Waals surface area contributed by atoms with E-state index in [-0.39, 0.29) is 6.61 Å². The zero-order valence-corrected chi connectivity index (χ0v) is 8.01. The molecule has 0 aromatic rings. The third-order valence-corrected chi connectivity index (χ3v) is 2.61. The summed E-state index contributed by atoms with van der Waals surface area (Å²) in [4.78, 5) is 2.33. The molecule has 1 aliphatic heterocycles. The van der Waals surface area contributed by atoms with Crippen molar-refractivity contribution >= 4 is 0 Å². The summed E-state index contributed by atoms with van der Waals surface area (Å²) in [5, 5.41) is 0. The second-order valence-corrected chi connectivity index (χ2v) is 3.47. The molecule has 0 unspecified atom stereocenters. The van der Waals surface area contributed by atoms with Crippen LogP contribution in [-0.2, 0) is 4.74 Å². The van der Waals surface area contributed by atoms with Gasteiger partial charge in [-0.15, -0.1) is 0 Å². The van der Waals surface area contributed by atoms with Gasteiger partial charge in [-0.3, -0.25) is 0 Å². The molecule has 1 aliphatic rings. The normalized spacial score (nSPS) is 21.2. The molecule has 0 aliphatic carbocycles. The summed E-state index contributed by atoms with van der Waals surface area (Å²) in [6.45, 7) is 2.83. The van der Waals surface area contributed by atoms with E-state index in [1.807, 2.05) is 0 Å². The van der Waals surface area contributed by atoms with Gasteiger partial charge in [0.1, 0.15) is 0 Å². The first kappa shape index (κ1) is 10.9. The molecule has 2 nitrogen and oxygen atoms in total. The zero-order valence-electron chi connectivity index (χ0n) is 8.01. The van der Waals surface area contributed by atoms with E-state index in [9.17, 15) is 8.78 Å². The van der Waals surface area contributed by atoms with Crippen LogP contribution in [0.1, 0.15) is 19.8 Å². The summed E-state index contributed by atoms with van der Waals surface area (Å²) < 4.78 is 27.7. The van der Waals surface area contributed by atoms with E-state index in [2.05, 4.69) is 16.6 Å².